The van der Waals surface area contributed by atoms with Crippen LogP contribution in [0.3, 0.4) is 0 Å². The average Bonchev–Trinajstić information content (AvgIpc) is 2.74. The van der Waals surface area contributed by atoms with Crippen LogP contribution < -0.4 is 15.5 Å². The zero-order valence-electron chi connectivity index (χ0n) is 16.8. The van der Waals surface area contributed by atoms with E-state index in [1.165, 1.54) is 0 Å². The number of anilines is 2. The molecular weight excluding hydrogens is 388 g/mol. The van der Waals surface area contributed by atoms with Gasteiger partial charge in [0.1, 0.15) is 0 Å². The largest absolute Gasteiger partial charge is 0.368 e. The van der Waals surface area contributed by atoms with Gasteiger partial charge < -0.3 is 20.4 Å². The number of amides is 3. The number of hydrogen-bond acceptors (Lipinski definition) is 3. The van der Waals surface area contributed by atoms with E-state index in [9.17, 15) is 9.59 Å². The van der Waals surface area contributed by atoms with Crippen LogP contribution in [0.25, 0.3) is 0 Å². The second-order valence-electron chi connectivity index (χ2n) is 7.24. The van der Waals surface area contributed by atoms with Crippen molar-refractivity contribution in [3.63, 3.8) is 0 Å². The zero-order chi connectivity index (χ0) is 20.8. The molecule has 0 bridgehead atoms. The van der Waals surface area contributed by atoms with Gasteiger partial charge in [-0.15, -0.1) is 0 Å². The summed E-state index contributed by atoms with van der Waals surface area (Å²) in [6.07, 6.45) is 0.879. The van der Waals surface area contributed by atoms with E-state index in [2.05, 4.69) is 15.5 Å². The summed E-state index contributed by atoms with van der Waals surface area (Å²) < 4.78 is 0. The minimum absolute atomic E-state index is 0.102. The normalized spacial score (nSPS) is 15.0. The highest BCUT2D eigenvalue weighted by Crippen LogP contribution is 2.21. The molecule has 2 aromatic rings. The Hall–Kier alpha value is -2.73. The van der Waals surface area contributed by atoms with Gasteiger partial charge in [-0.25, -0.2) is 4.79 Å². The first-order valence-corrected chi connectivity index (χ1v) is 10.3. The van der Waals surface area contributed by atoms with Crippen molar-refractivity contribution >= 4 is 34.9 Å². The molecule has 3 amide bonds. The van der Waals surface area contributed by atoms with Crippen LogP contribution in [0.5, 0.6) is 0 Å². The molecule has 0 radical (unpaired) electrons. The molecule has 0 saturated carbocycles. The Bertz CT molecular complexity index is 848. The smallest absolute Gasteiger partial charge is 0.321 e. The van der Waals surface area contributed by atoms with Gasteiger partial charge in [0.15, 0.2) is 0 Å². The molecule has 0 aliphatic carbocycles. The summed E-state index contributed by atoms with van der Waals surface area (Å²) in [4.78, 5) is 28.7. The number of halogens is 1. The van der Waals surface area contributed by atoms with Gasteiger partial charge >= 0.3 is 6.03 Å². The topological polar surface area (TPSA) is 64.7 Å². The Kier molecular flexibility index (Phi) is 6.99. The van der Waals surface area contributed by atoms with E-state index in [-0.39, 0.29) is 18.0 Å². The lowest BCUT2D eigenvalue weighted by Gasteiger charge is -2.36. The fourth-order valence-electron chi connectivity index (χ4n) is 3.16. The van der Waals surface area contributed by atoms with Crippen LogP contribution in [0.1, 0.15) is 30.6 Å². The summed E-state index contributed by atoms with van der Waals surface area (Å²) in [5.41, 5.74) is 2.33. The van der Waals surface area contributed by atoms with Crippen molar-refractivity contribution in [1.29, 1.82) is 0 Å². The molecule has 1 aliphatic heterocycles. The number of hydrogen-bond donors (Lipinski definition) is 2. The Balaban J connectivity index is 1.51. The lowest BCUT2D eigenvalue weighted by Crippen LogP contribution is -2.50. The molecule has 0 spiro atoms. The molecule has 29 heavy (non-hydrogen) atoms. The molecule has 0 aromatic heterocycles. The summed E-state index contributed by atoms with van der Waals surface area (Å²) in [7, 11) is 0. The van der Waals surface area contributed by atoms with E-state index >= 15 is 0 Å². The highest BCUT2D eigenvalue weighted by Gasteiger charge is 2.21. The second-order valence-corrected chi connectivity index (χ2v) is 7.68. The molecule has 2 aromatic carbocycles. The van der Waals surface area contributed by atoms with E-state index in [0.717, 1.165) is 25.2 Å². The fraction of sp³-hybridized carbons (Fsp3) is 0.364. The van der Waals surface area contributed by atoms with Gasteiger partial charge in [-0.1, -0.05) is 24.6 Å². The van der Waals surface area contributed by atoms with Crippen molar-refractivity contribution in [2.24, 2.45) is 0 Å². The minimum Gasteiger partial charge on any atom is -0.368 e. The second kappa shape index (κ2) is 9.65. The molecule has 7 heteroatoms. The Morgan fingerprint density at radius 2 is 1.76 bits per heavy atom. The van der Waals surface area contributed by atoms with E-state index in [0.29, 0.717) is 29.4 Å². The monoisotopic (exact) mass is 414 g/mol. The molecule has 1 heterocycles. The third kappa shape index (κ3) is 5.64. The van der Waals surface area contributed by atoms with E-state index in [1.807, 2.05) is 38.1 Å². The summed E-state index contributed by atoms with van der Waals surface area (Å²) >= 11 is 6.07. The van der Waals surface area contributed by atoms with Crippen molar-refractivity contribution in [1.82, 2.24) is 10.2 Å². The number of nitrogens with one attached hydrogen (secondary N) is 2. The summed E-state index contributed by atoms with van der Waals surface area (Å²) in [5, 5.41) is 6.55. The van der Waals surface area contributed by atoms with Crippen molar-refractivity contribution in [3.8, 4) is 0 Å². The van der Waals surface area contributed by atoms with Crippen molar-refractivity contribution in [2.45, 2.75) is 26.3 Å². The van der Waals surface area contributed by atoms with Crippen LogP contribution in [-0.2, 0) is 0 Å². The maximum Gasteiger partial charge on any atom is 0.321 e. The molecule has 154 valence electrons. The lowest BCUT2D eigenvalue weighted by atomic mass is 10.1. The Morgan fingerprint density at radius 1 is 1.07 bits per heavy atom. The van der Waals surface area contributed by atoms with Gasteiger partial charge in [0, 0.05) is 54.2 Å². The van der Waals surface area contributed by atoms with Gasteiger partial charge in [-0.2, -0.15) is 0 Å². The number of piperazine rings is 1. The predicted molar refractivity (Wildman–Crippen MR) is 118 cm³/mol. The quantitative estimate of drug-likeness (QED) is 0.769. The van der Waals surface area contributed by atoms with Gasteiger partial charge in [0.05, 0.1) is 0 Å². The van der Waals surface area contributed by atoms with Gasteiger partial charge in [-0.3, -0.25) is 4.79 Å². The minimum atomic E-state index is -0.132. The molecule has 1 unspecified atom stereocenters. The number of urea groups is 1. The van der Waals surface area contributed by atoms with E-state index < -0.39 is 0 Å². The summed E-state index contributed by atoms with van der Waals surface area (Å²) in [6.45, 7) is 6.77. The molecule has 1 fully saturated rings. The first kappa shape index (κ1) is 21.0. The van der Waals surface area contributed by atoms with Crippen LogP contribution >= 0.6 is 11.6 Å². The van der Waals surface area contributed by atoms with Crippen LogP contribution in [0.4, 0.5) is 16.2 Å². The molecule has 1 aliphatic rings. The van der Waals surface area contributed by atoms with Crippen LogP contribution in [0.15, 0.2) is 48.5 Å². The van der Waals surface area contributed by atoms with Crippen LogP contribution in [0.2, 0.25) is 5.02 Å². The number of rotatable bonds is 5. The molecule has 2 N–H and O–H groups in total. The molecular formula is C22H27ClN4O2. The van der Waals surface area contributed by atoms with Crippen LogP contribution in [-0.4, -0.2) is 49.1 Å². The molecule has 1 atom stereocenters. The molecule has 3 rings (SSSR count). The predicted octanol–water partition coefficient (Wildman–Crippen LogP) is 4.22. The molecule has 6 nitrogen and oxygen atoms in total. The number of benzene rings is 2. The number of carbonyl (C=O) groups is 2. The highest BCUT2D eigenvalue weighted by atomic mass is 35.5. The first-order valence-electron chi connectivity index (χ1n) is 9.93. The maximum atomic E-state index is 12.6. The third-order valence-corrected chi connectivity index (χ3v) is 5.36. The Labute approximate surface area is 176 Å². The van der Waals surface area contributed by atoms with Crippen LogP contribution in [0, 0.1) is 0 Å². The van der Waals surface area contributed by atoms with Gasteiger partial charge in [0.2, 0.25) is 0 Å². The third-order valence-electron chi connectivity index (χ3n) is 5.13. The summed E-state index contributed by atoms with van der Waals surface area (Å²) in [6, 6.07) is 14.7. The highest BCUT2D eigenvalue weighted by molar-refractivity contribution is 6.30. The van der Waals surface area contributed by atoms with Gasteiger partial charge in [0.25, 0.3) is 5.91 Å². The average molecular weight is 415 g/mol. The standard InChI is InChI=1S/C22H27ClN4O2/c1-3-16(2)24-21(28)17-7-9-19(10-8-17)25-22(29)27-13-11-26(12-14-27)20-6-4-5-18(23)15-20/h4-10,15-16H,3,11-14H2,1-2H3,(H,24,28)(H,25,29). The number of nitrogens with zero attached hydrogens (tertiary/aromatic N) is 2. The van der Waals surface area contributed by atoms with E-state index in [4.69, 9.17) is 11.6 Å². The first-order chi connectivity index (χ1) is 14.0. The summed E-state index contributed by atoms with van der Waals surface area (Å²) in [5.74, 6) is -0.102. The van der Waals surface area contributed by atoms with E-state index in [1.54, 1.807) is 29.2 Å². The lowest BCUT2D eigenvalue weighted by molar-refractivity contribution is 0.0939. The molecule has 1 saturated heterocycles. The van der Waals surface area contributed by atoms with Crippen molar-refractivity contribution in [3.05, 3.63) is 59.1 Å². The zero-order valence-corrected chi connectivity index (χ0v) is 17.6. The Morgan fingerprint density at radius 3 is 2.38 bits per heavy atom. The maximum absolute atomic E-state index is 12.6. The fourth-order valence-corrected chi connectivity index (χ4v) is 3.34. The SMILES string of the molecule is CCC(C)NC(=O)c1ccc(NC(=O)N2CCN(c3cccc(Cl)c3)CC2)cc1. The van der Waals surface area contributed by atoms with Gasteiger partial charge in [-0.05, 0) is 55.8 Å². The number of carbonyl (C=O) groups excluding carboxylic acids is 2. The van der Waals surface area contributed by atoms with Crippen molar-refractivity contribution < 1.29 is 9.59 Å². The van der Waals surface area contributed by atoms with Crippen molar-refractivity contribution in [2.75, 3.05) is 36.4 Å².